The average molecular weight is 513 g/mol. The Bertz CT molecular complexity index is 1290. The van der Waals surface area contributed by atoms with Crippen LogP contribution in [0.5, 0.6) is 11.5 Å². The van der Waals surface area contributed by atoms with Crippen molar-refractivity contribution in [1.82, 2.24) is 0 Å². The van der Waals surface area contributed by atoms with Gasteiger partial charge in [0.25, 0.3) is 11.6 Å². The lowest BCUT2D eigenvalue weighted by Gasteiger charge is -2.15. The van der Waals surface area contributed by atoms with Crippen LogP contribution >= 0.6 is 35.6 Å². The number of benzene rings is 3. The van der Waals surface area contributed by atoms with Gasteiger partial charge in [0.2, 0.25) is 0 Å². The Hall–Kier alpha value is -3.40. The van der Waals surface area contributed by atoms with Gasteiger partial charge < -0.3 is 9.47 Å². The monoisotopic (exact) mass is 512 g/mol. The Kier molecular flexibility index (Phi) is 7.16. The van der Waals surface area contributed by atoms with E-state index in [9.17, 15) is 14.9 Å². The fourth-order valence-corrected chi connectivity index (χ4v) is 4.67. The Labute approximate surface area is 210 Å². The van der Waals surface area contributed by atoms with E-state index >= 15 is 0 Å². The maximum absolute atomic E-state index is 13.1. The molecule has 1 aliphatic rings. The zero-order valence-electron chi connectivity index (χ0n) is 17.8. The van der Waals surface area contributed by atoms with Crippen molar-refractivity contribution in [3.63, 3.8) is 0 Å². The molecule has 1 saturated heterocycles. The largest absolute Gasteiger partial charge is 0.493 e. The first-order chi connectivity index (χ1) is 16.4. The molecule has 0 radical (unpaired) electrons. The van der Waals surface area contributed by atoms with Crippen LogP contribution in [0.3, 0.4) is 0 Å². The summed E-state index contributed by atoms with van der Waals surface area (Å²) in [4.78, 5) is 25.3. The van der Waals surface area contributed by atoms with Gasteiger partial charge >= 0.3 is 0 Å². The molecule has 1 aliphatic heterocycles. The van der Waals surface area contributed by atoms with Crippen LogP contribution in [-0.4, -0.2) is 22.3 Å². The van der Waals surface area contributed by atoms with Gasteiger partial charge in [0.05, 0.1) is 22.6 Å². The third kappa shape index (κ3) is 5.06. The summed E-state index contributed by atoms with van der Waals surface area (Å²) in [7, 11) is 1.54. The fourth-order valence-electron chi connectivity index (χ4n) is 3.25. The van der Waals surface area contributed by atoms with Crippen LogP contribution in [-0.2, 0) is 11.4 Å². The highest BCUT2D eigenvalue weighted by Gasteiger charge is 2.33. The second kappa shape index (κ2) is 10.3. The quantitative estimate of drug-likeness (QED) is 0.160. The smallest absolute Gasteiger partial charge is 0.270 e. The van der Waals surface area contributed by atoms with Gasteiger partial charge in [-0.15, -0.1) is 0 Å². The number of anilines is 1. The number of carbonyl (C=O) groups is 1. The summed E-state index contributed by atoms with van der Waals surface area (Å²) in [6, 6.07) is 18.4. The number of non-ortho nitro benzene ring substituents is 1. The molecule has 0 unspecified atom stereocenters. The third-order valence-corrected chi connectivity index (χ3v) is 6.48. The summed E-state index contributed by atoms with van der Waals surface area (Å²) in [6.07, 6.45) is 1.70. The lowest BCUT2D eigenvalue weighted by atomic mass is 10.1. The number of nitro groups is 1. The highest BCUT2D eigenvalue weighted by Crippen LogP contribution is 2.39. The van der Waals surface area contributed by atoms with Crippen molar-refractivity contribution < 1.29 is 19.2 Å². The number of halogens is 1. The molecule has 0 aliphatic carbocycles. The second-order valence-corrected chi connectivity index (χ2v) is 9.20. The second-order valence-electron chi connectivity index (χ2n) is 7.08. The maximum atomic E-state index is 13.1. The SMILES string of the molecule is COc1cccc(/C=C2\SC(=S)N(c3ccc([N+](=O)[O-])cc3)C2=O)c1OCc1ccc(Cl)cc1. The first-order valence-electron chi connectivity index (χ1n) is 9.94. The molecule has 3 aromatic carbocycles. The van der Waals surface area contributed by atoms with Crippen LogP contribution in [0.1, 0.15) is 11.1 Å². The number of amides is 1. The Morgan fingerprint density at radius 1 is 1.12 bits per heavy atom. The molecule has 172 valence electrons. The standard InChI is InChI=1S/C24H17ClN2O5S2/c1-31-20-4-2-3-16(22(20)32-14-15-5-7-17(25)8-6-15)13-21-23(28)26(24(33)34-21)18-9-11-19(12-10-18)27(29)30/h2-13H,14H2,1H3/b21-13-. The maximum Gasteiger partial charge on any atom is 0.270 e. The van der Waals surface area contributed by atoms with Gasteiger partial charge in [-0.3, -0.25) is 19.8 Å². The van der Waals surface area contributed by atoms with Crippen LogP contribution in [0.15, 0.2) is 71.6 Å². The highest BCUT2D eigenvalue weighted by molar-refractivity contribution is 8.27. The first-order valence-corrected chi connectivity index (χ1v) is 11.5. The number of ether oxygens (including phenoxy) is 2. The van der Waals surface area contributed by atoms with Gasteiger partial charge in [-0.25, -0.2) is 0 Å². The first kappa shape index (κ1) is 23.7. The number of thioether (sulfide) groups is 1. The van der Waals surface area contributed by atoms with E-state index in [1.165, 1.54) is 29.2 Å². The normalized spacial score (nSPS) is 14.5. The molecule has 0 saturated carbocycles. The Morgan fingerprint density at radius 3 is 2.47 bits per heavy atom. The van der Waals surface area contributed by atoms with E-state index < -0.39 is 4.92 Å². The molecule has 1 heterocycles. The van der Waals surface area contributed by atoms with Crippen molar-refractivity contribution in [2.75, 3.05) is 12.0 Å². The lowest BCUT2D eigenvalue weighted by molar-refractivity contribution is -0.384. The topological polar surface area (TPSA) is 81.9 Å². The number of hydrogen-bond acceptors (Lipinski definition) is 7. The number of para-hydroxylation sites is 1. The molecular formula is C24H17ClN2O5S2. The molecule has 0 spiro atoms. The number of rotatable bonds is 7. The van der Waals surface area contributed by atoms with E-state index in [1.807, 2.05) is 18.2 Å². The summed E-state index contributed by atoms with van der Waals surface area (Å²) in [6.45, 7) is 0.280. The van der Waals surface area contributed by atoms with Crippen LogP contribution in [0.2, 0.25) is 5.02 Å². The van der Waals surface area contributed by atoms with Crippen LogP contribution in [0.4, 0.5) is 11.4 Å². The summed E-state index contributed by atoms with van der Waals surface area (Å²) in [5, 5.41) is 11.6. The van der Waals surface area contributed by atoms with Gasteiger partial charge in [0.15, 0.2) is 15.8 Å². The molecular weight excluding hydrogens is 496 g/mol. The molecule has 3 aromatic rings. The van der Waals surface area contributed by atoms with Crippen molar-refractivity contribution in [2.45, 2.75) is 6.61 Å². The van der Waals surface area contributed by atoms with Gasteiger partial charge in [0, 0.05) is 22.7 Å². The van der Waals surface area contributed by atoms with E-state index in [-0.39, 0.29) is 18.2 Å². The molecule has 0 bridgehead atoms. The average Bonchev–Trinajstić information content (AvgIpc) is 3.11. The van der Waals surface area contributed by atoms with E-state index in [2.05, 4.69) is 0 Å². The van der Waals surface area contributed by atoms with Crippen LogP contribution < -0.4 is 14.4 Å². The summed E-state index contributed by atoms with van der Waals surface area (Å²) in [5.41, 5.74) is 1.97. The van der Waals surface area contributed by atoms with Crippen molar-refractivity contribution in [2.24, 2.45) is 0 Å². The van der Waals surface area contributed by atoms with Crippen molar-refractivity contribution in [1.29, 1.82) is 0 Å². The van der Waals surface area contributed by atoms with E-state index in [1.54, 1.807) is 37.5 Å². The van der Waals surface area contributed by atoms with Crippen molar-refractivity contribution >= 4 is 63.3 Å². The predicted molar refractivity (Wildman–Crippen MR) is 138 cm³/mol. The van der Waals surface area contributed by atoms with Gasteiger partial charge in [-0.05, 0) is 42.0 Å². The number of nitro benzene ring substituents is 1. The predicted octanol–water partition coefficient (Wildman–Crippen LogP) is 6.24. The molecule has 0 atom stereocenters. The minimum absolute atomic E-state index is 0.0661. The minimum Gasteiger partial charge on any atom is -0.493 e. The number of methoxy groups -OCH3 is 1. The summed E-state index contributed by atoms with van der Waals surface area (Å²) >= 11 is 12.5. The highest BCUT2D eigenvalue weighted by atomic mass is 35.5. The summed E-state index contributed by atoms with van der Waals surface area (Å²) in [5.74, 6) is 0.685. The van der Waals surface area contributed by atoms with Gasteiger partial charge in [-0.1, -0.05) is 59.8 Å². The molecule has 7 nitrogen and oxygen atoms in total. The van der Waals surface area contributed by atoms with Gasteiger partial charge in [-0.2, -0.15) is 0 Å². The zero-order valence-corrected chi connectivity index (χ0v) is 20.2. The van der Waals surface area contributed by atoms with E-state index in [0.717, 1.165) is 17.3 Å². The minimum atomic E-state index is -0.498. The summed E-state index contributed by atoms with van der Waals surface area (Å²) < 4.78 is 11.9. The zero-order chi connectivity index (χ0) is 24.2. The molecule has 1 amide bonds. The molecule has 0 N–H and O–H groups in total. The number of nitrogens with zero attached hydrogens (tertiary/aromatic N) is 2. The Morgan fingerprint density at radius 2 is 1.82 bits per heavy atom. The number of carbonyl (C=O) groups excluding carboxylic acids is 1. The molecule has 0 aromatic heterocycles. The molecule has 1 fully saturated rings. The van der Waals surface area contributed by atoms with Crippen LogP contribution in [0.25, 0.3) is 6.08 Å². The molecule has 34 heavy (non-hydrogen) atoms. The Balaban J connectivity index is 1.61. The van der Waals surface area contributed by atoms with Crippen molar-refractivity contribution in [3.05, 3.63) is 97.9 Å². The van der Waals surface area contributed by atoms with E-state index in [0.29, 0.717) is 37.0 Å². The van der Waals surface area contributed by atoms with Crippen LogP contribution in [0, 0.1) is 10.1 Å². The number of thiocarbonyl (C=S) groups is 1. The number of hydrogen-bond donors (Lipinski definition) is 0. The van der Waals surface area contributed by atoms with E-state index in [4.69, 9.17) is 33.3 Å². The molecule has 4 rings (SSSR count). The third-order valence-electron chi connectivity index (χ3n) is 4.92. The van der Waals surface area contributed by atoms with Crippen molar-refractivity contribution in [3.8, 4) is 11.5 Å². The fraction of sp³-hybridized carbons (Fsp3) is 0.0833. The molecule has 10 heteroatoms. The van der Waals surface area contributed by atoms with Gasteiger partial charge in [0.1, 0.15) is 6.61 Å². The lowest BCUT2D eigenvalue weighted by Crippen LogP contribution is -2.27.